The lowest BCUT2D eigenvalue weighted by molar-refractivity contribution is 0.188. The fourth-order valence-corrected chi connectivity index (χ4v) is 4.41. The van der Waals surface area contributed by atoms with Crippen molar-refractivity contribution < 1.29 is 8.42 Å². The molecule has 0 radical (unpaired) electrons. The van der Waals surface area contributed by atoms with E-state index < -0.39 is 10.0 Å². The van der Waals surface area contributed by atoms with Gasteiger partial charge in [-0.05, 0) is 48.9 Å². The standard InChI is InChI=1S/C16H26N2O2S/c1-16(2)11-4-3-5-15(16)18-21(19,20)14-8-6-13(7-9-14)10-12-17/h6-9,15,18H,3-5,10-12,17H2,1-2H3. The van der Waals surface area contributed by atoms with E-state index in [9.17, 15) is 8.42 Å². The highest BCUT2D eigenvalue weighted by Gasteiger charge is 2.35. The van der Waals surface area contributed by atoms with E-state index in [1.54, 1.807) is 12.1 Å². The largest absolute Gasteiger partial charge is 0.330 e. The van der Waals surface area contributed by atoms with Crippen molar-refractivity contribution in [2.75, 3.05) is 6.54 Å². The Morgan fingerprint density at radius 2 is 1.90 bits per heavy atom. The Morgan fingerprint density at radius 1 is 1.24 bits per heavy atom. The molecule has 1 atom stereocenters. The number of benzene rings is 1. The number of nitrogens with two attached hydrogens (primary N) is 1. The molecule has 1 unspecified atom stereocenters. The molecule has 1 aromatic rings. The average molecular weight is 310 g/mol. The number of hydrogen-bond donors (Lipinski definition) is 2. The van der Waals surface area contributed by atoms with Crippen molar-refractivity contribution in [2.45, 2.75) is 56.9 Å². The smallest absolute Gasteiger partial charge is 0.240 e. The first-order valence-electron chi connectivity index (χ1n) is 7.66. The van der Waals surface area contributed by atoms with E-state index in [0.717, 1.165) is 31.2 Å². The van der Waals surface area contributed by atoms with Crippen molar-refractivity contribution in [3.8, 4) is 0 Å². The molecule has 0 saturated heterocycles. The highest BCUT2D eigenvalue weighted by atomic mass is 32.2. The molecule has 0 aromatic heterocycles. The Bertz CT molecular complexity index is 564. The van der Waals surface area contributed by atoms with Crippen molar-refractivity contribution >= 4 is 10.0 Å². The first-order valence-corrected chi connectivity index (χ1v) is 9.15. The number of rotatable bonds is 5. The maximum absolute atomic E-state index is 12.5. The van der Waals surface area contributed by atoms with E-state index in [0.29, 0.717) is 11.4 Å². The van der Waals surface area contributed by atoms with Gasteiger partial charge in [0.15, 0.2) is 0 Å². The summed E-state index contributed by atoms with van der Waals surface area (Å²) in [5, 5.41) is 0. The predicted molar refractivity (Wildman–Crippen MR) is 85.6 cm³/mol. The molecule has 1 saturated carbocycles. The second kappa shape index (κ2) is 6.46. The summed E-state index contributed by atoms with van der Waals surface area (Å²) >= 11 is 0. The zero-order valence-corrected chi connectivity index (χ0v) is 13.7. The summed E-state index contributed by atoms with van der Waals surface area (Å²) in [6.45, 7) is 4.86. The van der Waals surface area contributed by atoms with Gasteiger partial charge in [-0.2, -0.15) is 0 Å². The van der Waals surface area contributed by atoms with Gasteiger partial charge in [-0.15, -0.1) is 0 Å². The molecule has 3 N–H and O–H groups in total. The van der Waals surface area contributed by atoms with Crippen molar-refractivity contribution in [2.24, 2.45) is 11.1 Å². The Labute approximate surface area is 128 Å². The van der Waals surface area contributed by atoms with Crippen molar-refractivity contribution in [1.82, 2.24) is 4.72 Å². The summed E-state index contributed by atoms with van der Waals surface area (Å²) in [7, 11) is -3.44. The molecule has 1 fully saturated rings. The lowest BCUT2D eigenvalue weighted by Crippen LogP contribution is -2.46. The predicted octanol–water partition coefficient (Wildman–Crippen LogP) is 2.43. The number of hydrogen-bond acceptors (Lipinski definition) is 3. The minimum absolute atomic E-state index is 0.0139. The van der Waals surface area contributed by atoms with Crippen LogP contribution in [0.5, 0.6) is 0 Å². The Hall–Kier alpha value is -0.910. The van der Waals surface area contributed by atoms with Crippen molar-refractivity contribution in [3.05, 3.63) is 29.8 Å². The quantitative estimate of drug-likeness (QED) is 0.877. The Balaban J connectivity index is 2.14. The van der Waals surface area contributed by atoms with Gasteiger partial charge in [0.1, 0.15) is 0 Å². The van der Waals surface area contributed by atoms with Gasteiger partial charge >= 0.3 is 0 Å². The zero-order chi connectivity index (χ0) is 15.5. The summed E-state index contributed by atoms with van der Waals surface area (Å²) in [5.74, 6) is 0. The molecule has 1 aliphatic rings. The van der Waals surface area contributed by atoms with Crippen LogP contribution in [-0.2, 0) is 16.4 Å². The van der Waals surface area contributed by atoms with Crippen LogP contribution in [0.25, 0.3) is 0 Å². The van der Waals surface area contributed by atoms with Crippen molar-refractivity contribution in [3.63, 3.8) is 0 Å². The summed E-state index contributed by atoms with van der Waals surface area (Å²) < 4.78 is 27.9. The molecule has 0 amide bonds. The van der Waals surface area contributed by atoms with Crippen molar-refractivity contribution in [1.29, 1.82) is 0 Å². The monoisotopic (exact) mass is 310 g/mol. The molecule has 118 valence electrons. The van der Waals surface area contributed by atoms with Crippen LogP contribution in [0, 0.1) is 5.41 Å². The van der Waals surface area contributed by atoms with Crippen LogP contribution >= 0.6 is 0 Å². The SMILES string of the molecule is CC1(C)CCCCC1NS(=O)(=O)c1ccc(CCN)cc1. The zero-order valence-electron chi connectivity index (χ0n) is 12.9. The fraction of sp³-hybridized carbons (Fsp3) is 0.625. The highest BCUT2D eigenvalue weighted by Crippen LogP contribution is 2.36. The third-order valence-electron chi connectivity index (χ3n) is 4.47. The van der Waals surface area contributed by atoms with E-state index in [1.807, 2.05) is 12.1 Å². The lowest BCUT2D eigenvalue weighted by atomic mass is 9.74. The maximum Gasteiger partial charge on any atom is 0.240 e. The first kappa shape index (κ1) is 16.5. The third kappa shape index (κ3) is 4.05. The molecule has 0 bridgehead atoms. The molecule has 0 spiro atoms. The molecule has 0 heterocycles. The molecular formula is C16H26N2O2S. The minimum Gasteiger partial charge on any atom is -0.330 e. The van der Waals surface area contributed by atoms with E-state index in [2.05, 4.69) is 18.6 Å². The van der Waals surface area contributed by atoms with Crippen LogP contribution in [0.4, 0.5) is 0 Å². The van der Waals surface area contributed by atoms with Gasteiger partial charge in [0.25, 0.3) is 0 Å². The molecule has 2 rings (SSSR count). The molecule has 5 heteroatoms. The third-order valence-corrected chi connectivity index (χ3v) is 5.96. The van der Waals surface area contributed by atoms with Gasteiger partial charge in [-0.25, -0.2) is 13.1 Å². The molecule has 0 aliphatic heterocycles. The Kier molecular flexibility index (Phi) is 5.07. The second-order valence-electron chi connectivity index (χ2n) is 6.59. The van der Waals surface area contributed by atoms with Crippen LogP contribution in [0.15, 0.2) is 29.2 Å². The van der Waals surface area contributed by atoms with Crippen LogP contribution in [0.2, 0.25) is 0 Å². The molecule has 1 aliphatic carbocycles. The van der Waals surface area contributed by atoms with Crippen LogP contribution in [-0.4, -0.2) is 21.0 Å². The van der Waals surface area contributed by atoms with Gasteiger partial charge in [-0.3, -0.25) is 0 Å². The number of nitrogens with one attached hydrogen (secondary N) is 1. The Morgan fingerprint density at radius 3 is 2.48 bits per heavy atom. The minimum atomic E-state index is -3.44. The molecule has 4 nitrogen and oxygen atoms in total. The topological polar surface area (TPSA) is 72.2 Å². The summed E-state index contributed by atoms with van der Waals surface area (Å²) in [5.41, 5.74) is 6.59. The lowest BCUT2D eigenvalue weighted by Gasteiger charge is -2.38. The summed E-state index contributed by atoms with van der Waals surface area (Å²) in [6, 6.07) is 7.03. The maximum atomic E-state index is 12.5. The van der Waals surface area contributed by atoms with Gasteiger partial charge < -0.3 is 5.73 Å². The van der Waals surface area contributed by atoms with Gasteiger partial charge in [0.2, 0.25) is 10.0 Å². The number of sulfonamides is 1. The van der Waals surface area contributed by atoms with Gasteiger partial charge in [-0.1, -0.05) is 38.8 Å². The molecule has 1 aromatic carbocycles. The highest BCUT2D eigenvalue weighted by molar-refractivity contribution is 7.89. The van der Waals surface area contributed by atoms with Crippen LogP contribution in [0.1, 0.15) is 45.1 Å². The van der Waals surface area contributed by atoms with E-state index in [1.165, 1.54) is 6.42 Å². The van der Waals surface area contributed by atoms with E-state index in [4.69, 9.17) is 5.73 Å². The van der Waals surface area contributed by atoms with E-state index in [-0.39, 0.29) is 11.5 Å². The van der Waals surface area contributed by atoms with E-state index >= 15 is 0 Å². The van der Waals surface area contributed by atoms with Gasteiger partial charge in [0.05, 0.1) is 4.90 Å². The van der Waals surface area contributed by atoms with Crippen LogP contribution in [0.3, 0.4) is 0 Å². The summed E-state index contributed by atoms with van der Waals surface area (Å²) in [4.78, 5) is 0.338. The normalized spacial score (nSPS) is 22.1. The molecule has 21 heavy (non-hydrogen) atoms. The fourth-order valence-electron chi connectivity index (χ4n) is 2.97. The van der Waals surface area contributed by atoms with Gasteiger partial charge in [0, 0.05) is 6.04 Å². The molecular weight excluding hydrogens is 284 g/mol. The summed E-state index contributed by atoms with van der Waals surface area (Å²) in [6.07, 6.45) is 5.02. The van der Waals surface area contributed by atoms with Crippen LogP contribution < -0.4 is 10.5 Å². The second-order valence-corrected chi connectivity index (χ2v) is 8.30. The average Bonchev–Trinajstić information content (AvgIpc) is 2.42. The first-order chi connectivity index (χ1) is 9.85.